The molecule has 0 atom stereocenters. The Morgan fingerprint density at radius 3 is 3.00 bits per heavy atom. The number of fused-ring (bicyclic) bond motifs is 1. The number of ketones is 1. The van der Waals surface area contributed by atoms with Gasteiger partial charge >= 0.3 is 0 Å². The van der Waals surface area contributed by atoms with Crippen LogP contribution in [0.15, 0.2) is 34.5 Å². The Morgan fingerprint density at radius 2 is 2.09 bits per heavy atom. The molecule has 0 unspecified atom stereocenters. The van der Waals surface area contributed by atoms with Crippen molar-refractivity contribution in [2.75, 3.05) is 25.1 Å². The van der Waals surface area contributed by atoms with E-state index in [1.807, 2.05) is 0 Å². The maximum Gasteiger partial charge on any atom is 0.160 e. The largest absolute Gasteiger partial charge is 0.490 e. The third-order valence-electron chi connectivity index (χ3n) is 4.77. The van der Waals surface area contributed by atoms with Crippen LogP contribution < -0.4 is 9.64 Å². The molecule has 114 valence electrons. The average molecular weight is 296 g/mol. The Labute approximate surface area is 130 Å². The molecular weight excluding hydrogens is 276 g/mol. The van der Waals surface area contributed by atoms with E-state index in [1.165, 1.54) is 0 Å². The number of nitrogens with zero attached hydrogens (tertiary/aromatic N) is 2. The summed E-state index contributed by atoms with van der Waals surface area (Å²) in [6, 6.07) is 6.33. The number of likely N-dealkylation sites (N-methyl/N-ethyl adjacent to an activating group) is 1. The molecule has 0 radical (unpaired) electrons. The highest BCUT2D eigenvalue weighted by atomic mass is 16.5. The molecule has 0 saturated carbocycles. The first kappa shape index (κ1) is 13.6. The topological polar surface area (TPSA) is 41.9 Å². The van der Waals surface area contributed by atoms with E-state index in [2.05, 4.69) is 30.1 Å². The van der Waals surface area contributed by atoms with Gasteiger partial charge in [0.15, 0.2) is 5.78 Å². The molecule has 0 bridgehead atoms. The van der Waals surface area contributed by atoms with E-state index in [-0.39, 0.29) is 0 Å². The second-order valence-electron chi connectivity index (χ2n) is 6.21. The van der Waals surface area contributed by atoms with Crippen LogP contribution in [0.1, 0.15) is 37.7 Å². The maximum atomic E-state index is 11.9. The Bertz CT molecular complexity index is 703. The lowest BCUT2D eigenvalue weighted by Gasteiger charge is -2.28. The van der Waals surface area contributed by atoms with Crippen molar-refractivity contribution in [1.82, 2.24) is 0 Å². The first-order chi connectivity index (χ1) is 10.7. The molecule has 0 saturated heterocycles. The van der Waals surface area contributed by atoms with Crippen LogP contribution in [0.4, 0.5) is 5.69 Å². The summed E-state index contributed by atoms with van der Waals surface area (Å²) in [6.45, 7) is 1.65. The minimum atomic E-state index is 0.305. The van der Waals surface area contributed by atoms with E-state index in [1.54, 1.807) is 0 Å². The average Bonchev–Trinajstić information content (AvgIpc) is 2.55. The van der Waals surface area contributed by atoms with E-state index in [9.17, 15) is 4.79 Å². The Morgan fingerprint density at radius 1 is 1.18 bits per heavy atom. The van der Waals surface area contributed by atoms with Gasteiger partial charge in [-0.2, -0.15) is 0 Å². The molecule has 2 heterocycles. The van der Waals surface area contributed by atoms with Crippen molar-refractivity contribution in [3.8, 4) is 5.75 Å². The molecule has 2 aliphatic heterocycles. The number of benzene rings is 1. The minimum absolute atomic E-state index is 0.305. The monoisotopic (exact) mass is 296 g/mol. The fourth-order valence-electron chi connectivity index (χ4n) is 3.49. The SMILES string of the molecule is CN1CCOc2cc(C3=NC4=C(CC3)C(=O)CCC4)ccc21. The lowest BCUT2D eigenvalue weighted by molar-refractivity contribution is -0.116. The van der Waals surface area contributed by atoms with Gasteiger partial charge in [0, 0.05) is 30.5 Å². The number of carbonyl (C=O) groups excluding carboxylic acids is 1. The number of anilines is 1. The quantitative estimate of drug-likeness (QED) is 0.799. The smallest absolute Gasteiger partial charge is 0.160 e. The number of hydrogen-bond acceptors (Lipinski definition) is 4. The van der Waals surface area contributed by atoms with Gasteiger partial charge in [-0.25, -0.2) is 0 Å². The van der Waals surface area contributed by atoms with Crippen LogP contribution in [0.25, 0.3) is 0 Å². The number of aliphatic imine (C=N–C) groups is 1. The van der Waals surface area contributed by atoms with Gasteiger partial charge in [-0.3, -0.25) is 9.79 Å². The van der Waals surface area contributed by atoms with Crippen LogP contribution in [0, 0.1) is 0 Å². The van der Waals surface area contributed by atoms with Gasteiger partial charge in [-0.1, -0.05) is 6.07 Å². The van der Waals surface area contributed by atoms with Crippen molar-refractivity contribution in [3.63, 3.8) is 0 Å². The Balaban J connectivity index is 1.70. The van der Waals surface area contributed by atoms with Gasteiger partial charge in [-0.05, 0) is 43.4 Å². The molecule has 1 aromatic rings. The second kappa shape index (κ2) is 5.27. The molecule has 0 aromatic heterocycles. The molecule has 4 nitrogen and oxygen atoms in total. The summed E-state index contributed by atoms with van der Waals surface area (Å²) in [7, 11) is 2.09. The van der Waals surface area contributed by atoms with Gasteiger partial charge in [0.1, 0.15) is 12.4 Å². The fraction of sp³-hybridized carbons (Fsp3) is 0.444. The highest BCUT2D eigenvalue weighted by Gasteiger charge is 2.25. The highest BCUT2D eigenvalue weighted by Crippen LogP contribution is 2.35. The van der Waals surface area contributed by atoms with Gasteiger partial charge in [0.05, 0.1) is 12.2 Å². The zero-order chi connectivity index (χ0) is 15.1. The number of rotatable bonds is 1. The predicted octanol–water partition coefficient (Wildman–Crippen LogP) is 3.11. The molecule has 22 heavy (non-hydrogen) atoms. The van der Waals surface area contributed by atoms with Gasteiger partial charge in [0.2, 0.25) is 0 Å². The van der Waals surface area contributed by atoms with Crippen LogP contribution in [0.5, 0.6) is 5.75 Å². The summed E-state index contributed by atoms with van der Waals surface area (Å²) in [6.07, 6.45) is 4.26. The number of Topliss-reactive ketones (excluding diaryl/α,β-unsaturated/α-hetero) is 1. The van der Waals surface area contributed by atoms with Gasteiger partial charge in [0.25, 0.3) is 0 Å². The molecule has 4 heteroatoms. The number of carbonyl (C=O) groups is 1. The first-order valence-electron chi connectivity index (χ1n) is 8.03. The zero-order valence-corrected chi connectivity index (χ0v) is 12.9. The lowest BCUT2D eigenvalue weighted by atomic mass is 9.88. The first-order valence-corrected chi connectivity index (χ1v) is 8.03. The van der Waals surface area contributed by atoms with Crippen molar-refractivity contribution >= 4 is 17.2 Å². The van der Waals surface area contributed by atoms with E-state index in [0.29, 0.717) is 12.2 Å². The summed E-state index contributed by atoms with van der Waals surface area (Å²) in [5.74, 6) is 1.24. The summed E-state index contributed by atoms with van der Waals surface area (Å²) in [5.41, 5.74) is 5.35. The van der Waals surface area contributed by atoms with Crippen molar-refractivity contribution in [3.05, 3.63) is 35.0 Å². The molecule has 1 aromatic carbocycles. The Hall–Kier alpha value is -2.10. The predicted molar refractivity (Wildman–Crippen MR) is 86.9 cm³/mol. The molecular formula is C18H20N2O2. The van der Waals surface area contributed by atoms with Crippen LogP contribution in [0.2, 0.25) is 0 Å². The van der Waals surface area contributed by atoms with Crippen LogP contribution in [-0.4, -0.2) is 31.7 Å². The van der Waals surface area contributed by atoms with E-state index < -0.39 is 0 Å². The standard InChI is InChI=1S/C18H20N2O2/c1-20-9-10-22-18-11-12(5-8-16(18)20)14-7-6-13-15(19-14)3-2-4-17(13)21/h5,8,11H,2-4,6-7,9-10H2,1H3. The summed E-state index contributed by atoms with van der Waals surface area (Å²) in [4.78, 5) is 19.0. The van der Waals surface area contributed by atoms with E-state index in [0.717, 1.165) is 72.8 Å². The zero-order valence-electron chi connectivity index (χ0n) is 12.9. The van der Waals surface area contributed by atoms with Crippen LogP contribution in [0.3, 0.4) is 0 Å². The van der Waals surface area contributed by atoms with Crippen LogP contribution in [-0.2, 0) is 4.79 Å². The van der Waals surface area contributed by atoms with Crippen molar-refractivity contribution in [2.45, 2.75) is 32.1 Å². The Kier molecular flexibility index (Phi) is 3.25. The molecule has 0 spiro atoms. The molecule has 4 rings (SSSR count). The van der Waals surface area contributed by atoms with E-state index in [4.69, 9.17) is 9.73 Å². The lowest BCUT2D eigenvalue weighted by Crippen LogP contribution is -2.29. The second-order valence-corrected chi connectivity index (χ2v) is 6.21. The molecule has 3 aliphatic rings. The van der Waals surface area contributed by atoms with Crippen molar-refractivity contribution < 1.29 is 9.53 Å². The minimum Gasteiger partial charge on any atom is -0.490 e. The number of hydrogen-bond donors (Lipinski definition) is 0. The molecule has 0 amide bonds. The van der Waals surface area contributed by atoms with Crippen molar-refractivity contribution in [1.29, 1.82) is 0 Å². The third kappa shape index (κ3) is 2.23. The van der Waals surface area contributed by atoms with Crippen molar-refractivity contribution in [2.24, 2.45) is 4.99 Å². The van der Waals surface area contributed by atoms with Gasteiger partial charge in [-0.15, -0.1) is 0 Å². The number of allylic oxidation sites excluding steroid dienone is 2. The van der Waals surface area contributed by atoms with Gasteiger partial charge < -0.3 is 9.64 Å². The summed E-state index contributed by atoms with van der Waals surface area (Å²) < 4.78 is 5.79. The fourth-order valence-corrected chi connectivity index (χ4v) is 3.49. The number of ether oxygens (including phenoxy) is 1. The normalized spacial score (nSPS) is 21.0. The highest BCUT2D eigenvalue weighted by molar-refractivity contribution is 6.06. The molecule has 1 aliphatic carbocycles. The van der Waals surface area contributed by atoms with E-state index >= 15 is 0 Å². The van der Waals surface area contributed by atoms with Crippen LogP contribution >= 0.6 is 0 Å². The molecule has 0 fully saturated rings. The maximum absolute atomic E-state index is 11.9. The summed E-state index contributed by atoms with van der Waals surface area (Å²) >= 11 is 0. The molecule has 0 N–H and O–H groups in total. The third-order valence-corrected chi connectivity index (χ3v) is 4.77. The summed E-state index contributed by atoms with van der Waals surface area (Å²) in [5, 5.41) is 0.